The summed E-state index contributed by atoms with van der Waals surface area (Å²) in [6.45, 7) is 3.29. The van der Waals surface area contributed by atoms with Gasteiger partial charge in [0.1, 0.15) is 10.6 Å². The van der Waals surface area contributed by atoms with Crippen LogP contribution in [0.1, 0.15) is 19.5 Å². The number of fused-ring (bicyclic) bond motifs is 1. The van der Waals surface area contributed by atoms with Crippen LogP contribution in [0.2, 0.25) is 0 Å². The number of aromatic nitrogens is 3. The fourth-order valence-corrected chi connectivity index (χ4v) is 3.98. The Balaban J connectivity index is 2.03. The van der Waals surface area contributed by atoms with E-state index >= 15 is 0 Å². The van der Waals surface area contributed by atoms with Crippen LogP contribution in [0.25, 0.3) is 10.8 Å². The third-order valence-corrected chi connectivity index (χ3v) is 5.42. The fraction of sp³-hybridized carbons (Fsp3) is 0.250. The molecule has 0 aliphatic rings. The van der Waals surface area contributed by atoms with Crippen LogP contribution < -0.4 is 4.72 Å². The molecule has 3 aromatic rings. The second kappa shape index (κ2) is 5.64. The number of nitrogens with one attached hydrogen (secondary N) is 1. The molecule has 0 unspecified atom stereocenters. The molecule has 0 atom stereocenters. The van der Waals surface area contributed by atoms with Crippen molar-refractivity contribution < 1.29 is 12.8 Å². The minimum atomic E-state index is -4.08. The van der Waals surface area contributed by atoms with Crippen LogP contribution >= 0.6 is 0 Å². The lowest BCUT2D eigenvalue weighted by Gasteiger charge is -2.23. The van der Waals surface area contributed by atoms with Crippen LogP contribution in [-0.4, -0.2) is 23.4 Å². The van der Waals surface area contributed by atoms with E-state index in [9.17, 15) is 12.8 Å². The third kappa shape index (κ3) is 2.90. The molecule has 1 aromatic heterocycles. The first kappa shape index (κ1) is 16.5. The molecule has 1 heterocycles. The molecule has 2 aromatic carbocycles. The van der Waals surface area contributed by atoms with Crippen LogP contribution in [0.5, 0.6) is 0 Å². The van der Waals surface area contributed by atoms with E-state index < -0.39 is 26.3 Å². The maximum absolute atomic E-state index is 14.7. The summed E-state index contributed by atoms with van der Waals surface area (Å²) in [4.78, 5) is -0.391. The minimum Gasteiger partial charge on any atom is -0.255 e. The first-order chi connectivity index (χ1) is 11.2. The van der Waals surface area contributed by atoms with Gasteiger partial charge in [-0.1, -0.05) is 35.5 Å². The fourth-order valence-electron chi connectivity index (χ4n) is 2.50. The molecule has 0 radical (unpaired) electrons. The van der Waals surface area contributed by atoms with Crippen LogP contribution in [0.4, 0.5) is 4.39 Å². The van der Waals surface area contributed by atoms with Crippen molar-refractivity contribution in [1.29, 1.82) is 0 Å². The van der Waals surface area contributed by atoms with E-state index in [0.717, 1.165) is 0 Å². The molecular weight excluding hydrogens is 331 g/mol. The maximum Gasteiger partial charge on any atom is 0.244 e. The van der Waals surface area contributed by atoms with E-state index in [1.165, 1.54) is 10.7 Å². The number of aryl methyl sites for hydroxylation is 1. The van der Waals surface area contributed by atoms with Crippen molar-refractivity contribution in [3.05, 3.63) is 54.1 Å². The molecule has 0 saturated carbocycles. The summed E-state index contributed by atoms with van der Waals surface area (Å²) in [5.41, 5.74) is -0.597. The van der Waals surface area contributed by atoms with Crippen LogP contribution in [0, 0.1) is 5.82 Å². The quantitative estimate of drug-likeness (QED) is 0.785. The highest BCUT2D eigenvalue weighted by molar-refractivity contribution is 7.89. The molecule has 6 nitrogen and oxygen atoms in total. The maximum atomic E-state index is 14.7. The van der Waals surface area contributed by atoms with Gasteiger partial charge in [0.2, 0.25) is 10.0 Å². The summed E-state index contributed by atoms with van der Waals surface area (Å²) < 4.78 is 44.0. The Morgan fingerprint density at radius 1 is 1.17 bits per heavy atom. The molecule has 0 spiro atoms. The minimum absolute atomic E-state index is 0.262. The third-order valence-electron chi connectivity index (χ3n) is 3.75. The number of benzene rings is 2. The van der Waals surface area contributed by atoms with Gasteiger partial charge in [0.05, 0.1) is 11.7 Å². The van der Waals surface area contributed by atoms with E-state index in [1.54, 1.807) is 57.4 Å². The second-order valence-electron chi connectivity index (χ2n) is 6.11. The highest BCUT2D eigenvalue weighted by atomic mass is 32.2. The van der Waals surface area contributed by atoms with Gasteiger partial charge in [0, 0.05) is 12.4 Å². The standard InChI is InChI=1S/C16H17FN4O2S/c1-16(2,14-10-21(3)20-18-14)19-24(22,23)13-9-8-11-6-4-5-7-12(11)15(13)17/h4-10,19H,1-3H3. The Labute approximate surface area is 139 Å². The van der Waals surface area contributed by atoms with Gasteiger partial charge in [-0.15, -0.1) is 5.10 Å². The summed E-state index contributed by atoms with van der Waals surface area (Å²) in [7, 11) is -2.40. The molecular formula is C16H17FN4O2S. The highest BCUT2D eigenvalue weighted by Gasteiger charge is 2.32. The summed E-state index contributed by atoms with van der Waals surface area (Å²) >= 11 is 0. The SMILES string of the molecule is Cn1cc(C(C)(C)NS(=O)(=O)c2ccc3ccccc3c2F)nn1. The smallest absolute Gasteiger partial charge is 0.244 e. The predicted octanol–water partition coefficient (Wildman–Crippen LogP) is 2.32. The molecule has 24 heavy (non-hydrogen) atoms. The zero-order chi connectivity index (χ0) is 17.5. The Kier molecular flexibility index (Phi) is 3.89. The summed E-state index contributed by atoms with van der Waals surface area (Å²) in [5, 5.41) is 8.63. The lowest BCUT2D eigenvalue weighted by Crippen LogP contribution is -2.41. The molecule has 0 bridgehead atoms. The highest BCUT2D eigenvalue weighted by Crippen LogP contribution is 2.26. The average molecular weight is 348 g/mol. The van der Waals surface area contributed by atoms with Crippen molar-refractivity contribution in [3.8, 4) is 0 Å². The Morgan fingerprint density at radius 3 is 2.54 bits per heavy atom. The Hall–Kier alpha value is -2.32. The number of sulfonamides is 1. The number of nitrogens with zero attached hydrogens (tertiary/aromatic N) is 3. The molecule has 126 valence electrons. The first-order valence-electron chi connectivity index (χ1n) is 7.29. The lowest BCUT2D eigenvalue weighted by atomic mass is 10.0. The molecule has 0 saturated heterocycles. The van der Waals surface area contributed by atoms with Gasteiger partial charge in [0.25, 0.3) is 0 Å². The van der Waals surface area contributed by atoms with Crippen molar-refractivity contribution in [2.45, 2.75) is 24.3 Å². The summed E-state index contributed by atoms with van der Waals surface area (Å²) in [6, 6.07) is 9.57. The van der Waals surface area contributed by atoms with Crippen molar-refractivity contribution >= 4 is 20.8 Å². The van der Waals surface area contributed by atoms with Crippen molar-refractivity contribution in [1.82, 2.24) is 19.7 Å². The molecule has 3 rings (SSSR count). The van der Waals surface area contributed by atoms with Gasteiger partial charge in [-0.05, 0) is 25.3 Å². The second-order valence-corrected chi connectivity index (χ2v) is 7.76. The predicted molar refractivity (Wildman–Crippen MR) is 88.3 cm³/mol. The molecule has 1 N–H and O–H groups in total. The summed E-state index contributed by atoms with van der Waals surface area (Å²) in [5.74, 6) is -0.768. The Bertz CT molecular complexity index is 1010. The summed E-state index contributed by atoms with van der Waals surface area (Å²) in [6.07, 6.45) is 1.61. The molecule has 8 heteroatoms. The van der Waals surface area contributed by atoms with E-state index in [1.807, 2.05) is 0 Å². The number of hydrogen-bond donors (Lipinski definition) is 1. The average Bonchev–Trinajstić information content (AvgIpc) is 2.94. The van der Waals surface area contributed by atoms with Crippen molar-refractivity contribution in [3.63, 3.8) is 0 Å². The zero-order valence-corrected chi connectivity index (χ0v) is 14.3. The van der Waals surface area contributed by atoms with Crippen LogP contribution in [0.3, 0.4) is 0 Å². The number of rotatable bonds is 4. The number of halogens is 1. The van der Waals surface area contributed by atoms with Gasteiger partial charge in [-0.2, -0.15) is 4.72 Å². The topological polar surface area (TPSA) is 76.9 Å². The van der Waals surface area contributed by atoms with E-state index in [-0.39, 0.29) is 5.39 Å². The lowest BCUT2D eigenvalue weighted by molar-refractivity contribution is 0.456. The van der Waals surface area contributed by atoms with E-state index in [0.29, 0.717) is 11.1 Å². The zero-order valence-electron chi connectivity index (χ0n) is 13.5. The molecule has 0 amide bonds. The molecule has 0 aliphatic heterocycles. The molecule has 0 fully saturated rings. The monoisotopic (exact) mass is 348 g/mol. The van der Waals surface area contributed by atoms with E-state index in [2.05, 4.69) is 15.0 Å². The number of hydrogen-bond acceptors (Lipinski definition) is 4. The van der Waals surface area contributed by atoms with Gasteiger partial charge >= 0.3 is 0 Å². The van der Waals surface area contributed by atoms with Gasteiger partial charge < -0.3 is 0 Å². The van der Waals surface area contributed by atoms with Gasteiger partial charge in [0.15, 0.2) is 5.82 Å². The van der Waals surface area contributed by atoms with Crippen LogP contribution in [0.15, 0.2) is 47.5 Å². The van der Waals surface area contributed by atoms with Crippen molar-refractivity contribution in [2.75, 3.05) is 0 Å². The van der Waals surface area contributed by atoms with Gasteiger partial charge in [-0.3, -0.25) is 4.68 Å². The van der Waals surface area contributed by atoms with Crippen molar-refractivity contribution in [2.24, 2.45) is 7.05 Å². The Morgan fingerprint density at radius 2 is 1.88 bits per heavy atom. The van der Waals surface area contributed by atoms with Gasteiger partial charge in [-0.25, -0.2) is 12.8 Å². The molecule has 0 aliphatic carbocycles. The first-order valence-corrected chi connectivity index (χ1v) is 8.77. The van der Waals surface area contributed by atoms with E-state index in [4.69, 9.17) is 0 Å². The normalized spacial score (nSPS) is 12.7. The largest absolute Gasteiger partial charge is 0.255 e. The van der Waals surface area contributed by atoms with Crippen LogP contribution in [-0.2, 0) is 22.6 Å².